The molecule has 1 aromatic carbocycles. The molecular weight excluding hydrogens is 292 g/mol. The highest BCUT2D eigenvalue weighted by Gasteiger charge is 2.26. The maximum atomic E-state index is 12.3. The number of carbonyl (C=O) groups is 1. The molecule has 0 spiro atoms. The number of aliphatic hydroxyl groups excluding tert-OH is 1. The van der Waals surface area contributed by atoms with Crippen LogP contribution in [0.2, 0.25) is 0 Å². The number of nitrogens with one attached hydrogen (secondary N) is 1. The molecule has 0 aromatic heterocycles. The number of likely N-dealkylation sites (tertiary alicyclic amines) is 1. The lowest BCUT2D eigenvalue weighted by molar-refractivity contribution is 0.0738. The fourth-order valence-corrected chi connectivity index (χ4v) is 2.81. The Hall–Kier alpha value is -2.01. The number of nitrogens with zero attached hydrogens (tertiary/aromatic N) is 1. The lowest BCUT2D eigenvalue weighted by atomic mass is 9.94. The molecule has 2 N–H and O–H groups in total. The summed E-state index contributed by atoms with van der Waals surface area (Å²) in [5.41, 5.74) is 0.937. The molecule has 126 valence electrons. The van der Waals surface area contributed by atoms with Crippen LogP contribution in [0, 0.1) is 5.92 Å². The van der Waals surface area contributed by atoms with Crippen LogP contribution in [0.4, 0.5) is 4.79 Å². The van der Waals surface area contributed by atoms with E-state index in [0.717, 1.165) is 30.7 Å². The molecule has 23 heavy (non-hydrogen) atoms. The van der Waals surface area contributed by atoms with Crippen molar-refractivity contribution in [3.63, 3.8) is 0 Å². The Morgan fingerprint density at radius 3 is 3.09 bits per heavy atom. The van der Waals surface area contributed by atoms with Crippen LogP contribution in [0.5, 0.6) is 5.75 Å². The van der Waals surface area contributed by atoms with Crippen LogP contribution in [0.1, 0.15) is 25.3 Å². The largest absolute Gasteiger partial charge is 0.489 e. The van der Waals surface area contributed by atoms with E-state index in [2.05, 4.69) is 11.9 Å². The minimum atomic E-state index is -0.376. The van der Waals surface area contributed by atoms with Gasteiger partial charge in [0.05, 0.1) is 6.10 Å². The number of urea groups is 1. The zero-order chi connectivity index (χ0) is 16.7. The highest BCUT2D eigenvalue weighted by molar-refractivity contribution is 5.74. The minimum absolute atomic E-state index is 0.0890. The molecule has 1 saturated heterocycles. The summed E-state index contributed by atoms with van der Waals surface area (Å²) in [6.07, 6.45) is 3.22. The third-order valence-electron chi connectivity index (χ3n) is 4.19. The average Bonchev–Trinajstić information content (AvgIpc) is 2.58. The Morgan fingerprint density at radius 1 is 1.57 bits per heavy atom. The number of para-hydroxylation sites is 1. The third-order valence-corrected chi connectivity index (χ3v) is 4.19. The zero-order valence-electron chi connectivity index (χ0n) is 13.7. The summed E-state index contributed by atoms with van der Waals surface area (Å²) in [5.74, 6) is 0.922. The Kier molecular flexibility index (Phi) is 6.47. The molecule has 0 radical (unpaired) electrons. The molecule has 1 aromatic rings. The molecule has 0 bridgehead atoms. The maximum Gasteiger partial charge on any atom is 0.317 e. The Labute approximate surface area is 137 Å². The van der Waals surface area contributed by atoms with Gasteiger partial charge in [-0.25, -0.2) is 4.79 Å². The van der Waals surface area contributed by atoms with E-state index in [1.165, 1.54) is 0 Å². The van der Waals surface area contributed by atoms with Crippen molar-refractivity contribution < 1.29 is 14.6 Å². The van der Waals surface area contributed by atoms with Gasteiger partial charge in [-0.05, 0) is 25.8 Å². The molecule has 1 heterocycles. The zero-order valence-corrected chi connectivity index (χ0v) is 13.7. The number of aliphatic hydroxyl groups is 1. The number of hydrogen-bond donors (Lipinski definition) is 2. The summed E-state index contributed by atoms with van der Waals surface area (Å²) >= 11 is 0. The lowest BCUT2D eigenvalue weighted by Gasteiger charge is -2.34. The smallest absolute Gasteiger partial charge is 0.317 e. The Morgan fingerprint density at radius 2 is 2.35 bits per heavy atom. The van der Waals surface area contributed by atoms with Gasteiger partial charge in [0.2, 0.25) is 0 Å². The second-order valence-corrected chi connectivity index (χ2v) is 5.96. The predicted molar refractivity (Wildman–Crippen MR) is 90.3 cm³/mol. The van der Waals surface area contributed by atoms with E-state index in [9.17, 15) is 9.90 Å². The van der Waals surface area contributed by atoms with Gasteiger partial charge >= 0.3 is 6.03 Å². The molecule has 2 atom stereocenters. The summed E-state index contributed by atoms with van der Waals surface area (Å²) in [6, 6.07) is 7.56. The van der Waals surface area contributed by atoms with Crippen LogP contribution >= 0.6 is 0 Å². The van der Waals surface area contributed by atoms with Crippen LogP contribution in [0.25, 0.3) is 0 Å². The van der Waals surface area contributed by atoms with Crippen molar-refractivity contribution in [2.24, 2.45) is 5.92 Å². The van der Waals surface area contributed by atoms with E-state index < -0.39 is 0 Å². The second kappa shape index (κ2) is 8.58. The van der Waals surface area contributed by atoms with Gasteiger partial charge in [-0.1, -0.05) is 30.9 Å². The molecule has 2 amide bonds. The number of carbonyl (C=O) groups excluding carboxylic acids is 1. The highest BCUT2D eigenvalue weighted by atomic mass is 16.5. The molecular formula is C18H26N2O3. The van der Waals surface area contributed by atoms with Gasteiger partial charge in [0, 0.05) is 31.1 Å². The molecule has 1 aliphatic heterocycles. The van der Waals surface area contributed by atoms with Crippen LogP contribution in [0.15, 0.2) is 36.9 Å². The molecule has 2 unspecified atom stereocenters. The molecule has 0 aliphatic carbocycles. The van der Waals surface area contributed by atoms with Crippen molar-refractivity contribution in [3.8, 4) is 5.75 Å². The van der Waals surface area contributed by atoms with E-state index in [1.54, 1.807) is 17.9 Å². The fourth-order valence-electron chi connectivity index (χ4n) is 2.81. The van der Waals surface area contributed by atoms with Crippen molar-refractivity contribution in [1.82, 2.24) is 10.2 Å². The first-order chi connectivity index (χ1) is 11.1. The number of rotatable bonds is 6. The van der Waals surface area contributed by atoms with E-state index in [4.69, 9.17) is 4.74 Å². The number of piperidine rings is 1. The summed E-state index contributed by atoms with van der Waals surface area (Å²) in [6.45, 7) is 7.64. The first-order valence-electron chi connectivity index (χ1n) is 8.14. The van der Waals surface area contributed by atoms with Gasteiger partial charge in [-0.3, -0.25) is 0 Å². The predicted octanol–water partition coefficient (Wildman–Crippen LogP) is 2.55. The molecule has 5 nitrogen and oxygen atoms in total. The average molecular weight is 318 g/mol. The van der Waals surface area contributed by atoms with Gasteiger partial charge in [-0.15, -0.1) is 0 Å². The summed E-state index contributed by atoms with van der Waals surface area (Å²) < 4.78 is 5.60. The van der Waals surface area contributed by atoms with Gasteiger partial charge in [0.15, 0.2) is 0 Å². The van der Waals surface area contributed by atoms with Gasteiger partial charge in [0.1, 0.15) is 12.4 Å². The maximum absolute atomic E-state index is 12.3. The fraction of sp³-hybridized carbons (Fsp3) is 0.500. The van der Waals surface area contributed by atoms with Crippen molar-refractivity contribution in [1.29, 1.82) is 0 Å². The van der Waals surface area contributed by atoms with Gasteiger partial charge in [-0.2, -0.15) is 0 Å². The summed E-state index contributed by atoms with van der Waals surface area (Å²) in [4.78, 5) is 14.1. The summed E-state index contributed by atoms with van der Waals surface area (Å²) in [7, 11) is 0. The molecule has 1 fully saturated rings. The number of benzene rings is 1. The molecule has 1 aliphatic rings. The Bertz CT molecular complexity index is 531. The molecule has 2 rings (SSSR count). The quantitative estimate of drug-likeness (QED) is 0.793. The van der Waals surface area contributed by atoms with Crippen molar-refractivity contribution in [2.45, 2.75) is 32.4 Å². The minimum Gasteiger partial charge on any atom is -0.489 e. The van der Waals surface area contributed by atoms with E-state index >= 15 is 0 Å². The lowest BCUT2D eigenvalue weighted by Crippen LogP contribution is -2.47. The van der Waals surface area contributed by atoms with Crippen molar-refractivity contribution in [3.05, 3.63) is 42.5 Å². The van der Waals surface area contributed by atoms with Crippen LogP contribution in [-0.2, 0) is 6.54 Å². The normalized spacial score (nSPS) is 19.0. The highest BCUT2D eigenvalue weighted by Crippen LogP contribution is 2.20. The first-order valence-corrected chi connectivity index (χ1v) is 8.14. The van der Waals surface area contributed by atoms with Crippen molar-refractivity contribution >= 4 is 6.03 Å². The third kappa shape index (κ3) is 4.99. The second-order valence-electron chi connectivity index (χ2n) is 5.96. The Balaban J connectivity index is 1.90. The van der Waals surface area contributed by atoms with E-state index in [1.807, 2.05) is 24.3 Å². The van der Waals surface area contributed by atoms with Crippen LogP contribution < -0.4 is 10.1 Å². The molecule has 0 saturated carbocycles. The van der Waals surface area contributed by atoms with Gasteiger partial charge in [0.25, 0.3) is 0 Å². The monoisotopic (exact) mass is 318 g/mol. The summed E-state index contributed by atoms with van der Waals surface area (Å²) in [5, 5.41) is 12.7. The van der Waals surface area contributed by atoms with E-state index in [0.29, 0.717) is 19.7 Å². The number of amides is 2. The standard InChI is InChI=1S/C18H26N2O3/c1-3-11-23-17-9-5-4-7-15(17)12-19-18(22)20-10-6-8-16(13-20)14(2)21/h3-5,7,9,14,16,21H,1,6,8,10-13H2,2H3,(H,19,22). The van der Waals surface area contributed by atoms with Crippen LogP contribution in [-0.4, -0.2) is 41.8 Å². The first kappa shape index (κ1) is 17.3. The van der Waals surface area contributed by atoms with Gasteiger partial charge < -0.3 is 20.1 Å². The topological polar surface area (TPSA) is 61.8 Å². The SMILES string of the molecule is C=CCOc1ccccc1CNC(=O)N1CCCC(C(C)O)C1. The number of ether oxygens (including phenoxy) is 1. The van der Waals surface area contributed by atoms with Crippen LogP contribution in [0.3, 0.4) is 0 Å². The molecule has 5 heteroatoms. The van der Waals surface area contributed by atoms with Crippen molar-refractivity contribution in [2.75, 3.05) is 19.7 Å². The number of hydrogen-bond acceptors (Lipinski definition) is 3. The van der Waals surface area contributed by atoms with E-state index in [-0.39, 0.29) is 18.1 Å².